The Morgan fingerprint density at radius 2 is 1.76 bits per heavy atom. The van der Waals surface area contributed by atoms with Gasteiger partial charge in [-0.3, -0.25) is 4.79 Å². The number of hydrogen-bond acceptors (Lipinski definition) is 5. The molecule has 14 heteroatoms. The molecule has 208 valence electrons. The smallest absolute Gasteiger partial charge is 0.449 e. The van der Waals surface area contributed by atoms with Gasteiger partial charge in [0.15, 0.2) is 11.6 Å². The van der Waals surface area contributed by atoms with Crippen LogP contribution in [0.5, 0.6) is 0 Å². The lowest BCUT2D eigenvalue weighted by Crippen LogP contribution is -2.45. The van der Waals surface area contributed by atoms with Crippen LogP contribution in [0.25, 0.3) is 5.76 Å². The summed E-state index contributed by atoms with van der Waals surface area (Å²) in [4.78, 5) is 30.1. The number of halogens is 6. The number of carbonyl (C=O) groups excluding carboxylic acids is 2. The van der Waals surface area contributed by atoms with E-state index in [4.69, 9.17) is 4.74 Å². The highest BCUT2D eigenvalue weighted by Crippen LogP contribution is 2.34. The first kappa shape index (κ1) is 28.9. The molecule has 38 heavy (non-hydrogen) atoms. The predicted octanol–water partition coefficient (Wildman–Crippen LogP) is 4.72. The van der Waals surface area contributed by atoms with Crippen LogP contribution in [0.2, 0.25) is 0 Å². The highest BCUT2D eigenvalue weighted by molar-refractivity contribution is 5.78. The molecule has 0 spiro atoms. The molecule has 0 fully saturated rings. The number of alkyl carbamates (subject to hydrolysis) is 1. The normalized spacial score (nSPS) is 14.6. The molecule has 1 aliphatic heterocycles. The van der Waals surface area contributed by atoms with Gasteiger partial charge in [0, 0.05) is 31.6 Å². The zero-order valence-electron chi connectivity index (χ0n) is 20.8. The largest absolute Gasteiger partial charge is 0.506 e. The van der Waals surface area contributed by atoms with Crippen LogP contribution in [0.15, 0.2) is 18.7 Å². The number of aliphatic hydroxyl groups is 1. The van der Waals surface area contributed by atoms with Crippen LogP contribution in [0.1, 0.15) is 50.0 Å². The topological polar surface area (TPSA) is 96.7 Å². The fraction of sp³-hybridized carbons (Fsp3) is 0.458. The van der Waals surface area contributed by atoms with Crippen molar-refractivity contribution in [2.75, 3.05) is 6.54 Å². The number of rotatable bonds is 6. The van der Waals surface area contributed by atoms with Gasteiger partial charge in [0.1, 0.15) is 22.9 Å². The fourth-order valence-corrected chi connectivity index (χ4v) is 4.00. The molecule has 2 aromatic rings. The van der Waals surface area contributed by atoms with Gasteiger partial charge in [-0.15, -0.1) is 0 Å². The van der Waals surface area contributed by atoms with Crippen molar-refractivity contribution in [2.45, 2.75) is 64.5 Å². The van der Waals surface area contributed by atoms with Gasteiger partial charge in [-0.2, -0.15) is 13.2 Å². The summed E-state index contributed by atoms with van der Waals surface area (Å²) in [5, 5.41) is 12.2. The molecule has 1 aliphatic rings. The maximum atomic E-state index is 14.3. The van der Waals surface area contributed by atoms with Crippen molar-refractivity contribution in [3.63, 3.8) is 0 Å². The first-order valence-electron chi connectivity index (χ1n) is 11.4. The standard InChI is InChI=1S/C24H26F6N4O4/c1-12(35)20-18-11-33(5-6-34(18)21(32-20)24(28,29)30)19(36)9-14(31-22(37)38-23(2,3)4)7-13-8-16(26)17(27)10-15(13)25/h8,10,14,35H,1,5-7,9,11H2,2-4H3,(H,31,37). The Balaban J connectivity index is 1.84. The summed E-state index contributed by atoms with van der Waals surface area (Å²) in [5.74, 6) is -6.45. The van der Waals surface area contributed by atoms with Crippen LogP contribution in [-0.2, 0) is 35.2 Å². The molecule has 2 N–H and O–H groups in total. The minimum Gasteiger partial charge on any atom is -0.506 e. The van der Waals surface area contributed by atoms with E-state index in [0.717, 1.165) is 4.57 Å². The Morgan fingerprint density at radius 1 is 1.13 bits per heavy atom. The number of nitrogens with one attached hydrogen (secondary N) is 1. The number of ether oxygens (including phenoxy) is 1. The molecule has 8 nitrogen and oxygen atoms in total. The second-order valence-corrected chi connectivity index (χ2v) is 9.75. The minimum atomic E-state index is -4.81. The second-order valence-electron chi connectivity index (χ2n) is 9.75. The van der Waals surface area contributed by atoms with Crippen molar-refractivity contribution in [1.82, 2.24) is 19.8 Å². The van der Waals surface area contributed by atoms with E-state index in [2.05, 4.69) is 16.9 Å². The third-order valence-corrected chi connectivity index (χ3v) is 5.58. The molecule has 0 saturated heterocycles. The summed E-state index contributed by atoms with van der Waals surface area (Å²) < 4.78 is 87.6. The van der Waals surface area contributed by atoms with Crippen LogP contribution in [0, 0.1) is 17.5 Å². The minimum absolute atomic E-state index is 0.0901. The van der Waals surface area contributed by atoms with Gasteiger partial charge in [-0.1, -0.05) is 6.58 Å². The number of aromatic nitrogens is 2. The summed E-state index contributed by atoms with van der Waals surface area (Å²) >= 11 is 0. The lowest BCUT2D eigenvalue weighted by molar-refractivity contribution is -0.148. The average Bonchev–Trinajstić information content (AvgIpc) is 3.15. The highest BCUT2D eigenvalue weighted by Gasteiger charge is 2.41. The first-order chi connectivity index (χ1) is 17.5. The van der Waals surface area contributed by atoms with E-state index in [1.807, 2.05) is 0 Å². The highest BCUT2D eigenvalue weighted by atomic mass is 19.4. The third kappa shape index (κ3) is 6.78. The summed E-state index contributed by atoms with van der Waals surface area (Å²) in [5.41, 5.74) is -1.74. The number of fused-ring (bicyclic) bond motifs is 1. The average molecular weight is 548 g/mol. The van der Waals surface area contributed by atoms with E-state index < -0.39 is 77.4 Å². The zero-order valence-corrected chi connectivity index (χ0v) is 20.8. The van der Waals surface area contributed by atoms with Gasteiger partial charge in [-0.05, 0) is 38.8 Å². The van der Waals surface area contributed by atoms with Crippen molar-refractivity contribution in [1.29, 1.82) is 0 Å². The van der Waals surface area contributed by atoms with Gasteiger partial charge in [0.2, 0.25) is 11.7 Å². The van der Waals surface area contributed by atoms with Gasteiger partial charge < -0.3 is 24.6 Å². The van der Waals surface area contributed by atoms with Crippen LogP contribution < -0.4 is 5.32 Å². The number of hydrogen-bond donors (Lipinski definition) is 2. The second kappa shape index (κ2) is 10.6. The SMILES string of the molecule is C=C(O)c1nc(C(F)(F)F)n2c1CN(C(=O)CC(Cc1cc(F)c(F)cc1F)NC(=O)OC(C)(C)C)CC2. The molecule has 1 unspecified atom stereocenters. The number of benzene rings is 1. The number of nitrogens with zero attached hydrogens (tertiary/aromatic N) is 3. The molecule has 2 amide bonds. The van der Waals surface area contributed by atoms with Gasteiger partial charge in [-0.25, -0.2) is 22.9 Å². The van der Waals surface area contributed by atoms with Gasteiger partial charge >= 0.3 is 12.3 Å². The molecule has 1 aromatic heterocycles. The summed E-state index contributed by atoms with van der Waals surface area (Å²) in [6.45, 7) is 7.16. The first-order valence-corrected chi connectivity index (χ1v) is 11.4. The van der Waals surface area contributed by atoms with E-state index in [1.54, 1.807) is 20.8 Å². The van der Waals surface area contributed by atoms with Crippen molar-refractivity contribution in [2.24, 2.45) is 0 Å². The monoisotopic (exact) mass is 548 g/mol. The van der Waals surface area contributed by atoms with Crippen LogP contribution in [-0.4, -0.2) is 49.7 Å². The third-order valence-electron chi connectivity index (χ3n) is 5.58. The number of imidazole rings is 1. The van der Waals surface area contributed by atoms with E-state index in [1.165, 1.54) is 4.90 Å². The van der Waals surface area contributed by atoms with Gasteiger partial charge in [0.25, 0.3) is 0 Å². The lowest BCUT2D eigenvalue weighted by Gasteiger charge is -2.31. The summed E-state index contributed by atoms with van der Waals surface area (Å²) in [6.07, 6.45) is -6.67. The molecule has 1 atom stereocenters. The Labute approximate surface area is 213 Å². The van der Waals surface area contributed by atoms with Gasteiger partial charge in [0.05, 0.1) is 12.2 Å². The van der Waals surface area contributed by atoms with E-state index in [-0.39, 0.29) is 30.9 Å². The van der Waals surface area contributed by atoms with E-state index in [0.29, 0.717) is 12.1 Å². The Kier molecular flexibility index (Phi) is 8.03. The van der Waals surface area contributed by atoms with Crippen LogP contribution >= 0.6 is 0 Å². The summed E-state index contributed by atoms with van der Waals surface area (Å²) in [6, 6.07) is -0.206. The Bertz CT molecular complexity index is 1250. The molecule has 0 bridgehead atoms. The van der Waals surface area contributed by atoms with Crippen molar-refractivity contribution in [3.05, 3.63) is 58.9 Å². The Morgan fingerprint density at radius 3 is 2.34 bits per heavy atom. The number of aliphatic hydroxyl groups excluding tert-OH is 1. The molecular weight excluding hydrogens is 522 g/mol. The maximum absolute atomic E-state index is 14.3. The van der Waals surface area contributed by atoms with Crippen molar-refractivity contribution < 1.29 is 45.8 Å². The molecule has 1 aromatic carbocycles. The maximum Gasteiger partial charge on any atom is 0.449 e. The molecule has 0 radical (unpaired) electrons. The molecular formula is C24H26F6N4O4. The number of alkyl halides is 3. The number of carbonyl (C=O) groups is 2. The lowest BCUT2D eigenvalue weighted by atomic mass is 10.0. The van der Waals surface area contributed by atoms with Crippen molar-refractivity contribution >= 4 is 17.8 Å². The number of amides is 2. The zero-order chi connectivity index (χ0) is 28.6. The van der Waals surface area contributed by atoms with E-state index in [9.17, 15) is 41.0 Å². The summed E-state index contributed by atoms with van der Waals surface area (Å²) in [7, 11) is 0. The molecule has 2 heterocycles. The predicted molar refractivity (Wildman–Crippen MR) is 122 cm³/mol. The fourth-order valence-electron chi connectivity index (χ4n) is 4.00. The quantitative estimate of drug-likeness (QED) is 0.310. The van der Waals surface area contributed by atoms with Crippen molar-refractivity contribution in [3.8, 4) is 0 Å². The molecule has 0 saturated carbocycles. The van der Waals surface area contributed by atoms with E-state index >= 15 is 0 Å². The molecule has 0 aliphatic carbocycles. The Hall–Kier alpha value is -3.71. The van der Waals surface area contributed by atoms with Crippen LogP contribution in [0.3, 0.4) is 0 Å². The van der Waals surface area contributed by atoms with Crippen LogP contribution in [0.4, 0.5) is 31.1 Å². The molecule has 3 rings (SSSR count).